The van der Waals surface area contributed by atoms with Gasteiger partial charge in [-0.1, -0.05) is 0 Å². The molecule has 2 fully saturated rings. The Balaban J connectivity index is 2.03. The normalized spacial score (nSPS) is 29.1. The summed E-state index contributed by atoms with van der Waals surface area (Å²) in [7, 11) is 1.53. The van der Waals surface area contributed by atoms with Crippen LogP contribution >= 0.6 is 0 Å². The van der Waals surface area contributed by atoms with Gasteiger partial charge in [0.05, 0.1) is 0 Å². The Morgan fingerprint density at radius 3 is 2.56 bits per heavy atom. The van der Waals surface area contributed by atoms with E-state index in [-0.39, 0.29) is 17.9 Å². The van der Waals surface area contributed by atoms with E-state index in [1.807, 2.05) is 0 Å². The van der Waals surface area contributed by atoms with Gasteiger partial charge >= 0.3 is 157 Å². The van der Waals surface area contributed by atoms with E-state index >= 15 is 0 Å². The fraction of sp³-hybridized carbons (Fsp3) is 0.667. The van der Waals surface area contributed by atoms with E-state index in [1.165, 1.54) is 24.7 Å². The number of piperidine rings is 1. The molecule has 0 spiro atoms. The number of fused-ring (bicyclic) bond motifs is 2. The molecule has 1 N–H and O–H groups in total. The van der Waals surface area contributed by atoms with Gasteiger partial charge in [0, 0.05) is 0 Å². The molecule has 0 amide bonds. The number of carbonyl (C=O) groups excluding carboxylic acids is 1. The molecule has 138 valence electrons. The summed E-state index contributed by atoms with van der Waals surface area (Å²) in [5, 5.41) is 3.64. The number of hydrogen-bond donors (Lipinski definition) is 1. The third-order valence-corrected chi connectivity index (χ3v) is 11.9. The summed E-state index contributed by atoms with van der Waals surface area (Å²) in [6.07, 6.45) is 3.33. The fourth-order valence-electron chi connectivity index (χ4n) is 4.82. The number of carbonyl (C=O) groups is 1. The van der Waals surface area contributed by atoms with E-state index in [4.69, 9.17) is 4.74 Å². The molecule has 0 radical (unpaired) electrons. The van der Waals surface area contributed by atoms with Crippen LogP contribution in [0, 0.1) is 5.92 Å². The average Bonchev–Trinajstić information content (AvgIpc) is 2.93. The fourth-order valence-corrected chi connectivity index (χ4v) is 10.1. The summed E-state index contributed by atoms with van der Waals surface area (Å²) in [5.41, 5.74) is 2.87. The van der Waals surface area contributed by atoms with Gasteiger partial charge in [0.2, 0.25) is 0 Å². The number of ether oxygens (including phenoxy) is 1. The summed E-state index contributed by atoms with van der Waals surface area (Å²) >= 11 is -2.23. The molecule has 4 heteroatoms. The van der Waals surface area contributed by atoms with E-state index in [0.717, 1.165) is 12.8 Å². The van der Waals surface area contributed by atoms with Crippen molar-refractivity contribution in [1.29, 1.82) is 0 Å². The summed E-state index contributed by atoms with van der Waals surface area (Å²) in [6.45, 7) is 4.58. The van der Waals surface area contributed by atoms with E-state index in [0.29, 0.717) is 17.9 Å². The van der Waals surface area contributed by atoms with Crippen molar-refractivity contribution in [1.82, 2.24) is 5.32 Å². The number of methoxy groups -OCH3 is 1. The van der Waals surface area contributed by atoms with Gasteiger partial charge in [0.1, 0.15) is 0 Å². The van der Waals surface area contributed by atoms with Crippen LogP contribution < -0.4 is 8.90 Å². The second-order valence-corrected chi connectivity index (χ2v) is 23.6. The van der Waals surface area contributed by atoms with Crippen molar-refractivity contribution in [2.45, 2.75) is 71.8 Å². The van der Waals surface area contributed by atoms with Crippen LogP contribution in [0.5, 0.6) is 0 Å². The monoisotopic (exact) mass is 451 g/mol. The molecule has 0 aliphatic carbocycles. The van der Waals surface area contributed by atoms with E-state index in [1.54, 1.807) is 3.58 Å². The second kappa shape index (κ2) is 7.22. The van der Waals surface area contributed by atoms with Crippen LogP contribution in [0.4, 0.5) is 0 Å². The molecule has 2 saturated heterocycles. The predicted octanol–water partition coefficient (Wildman–Crippen LogP) is 3.75. The van der Waals surface area contributed by atoms with E-state index in [9.17, 15) is 4.79 Å². The number of esters is 1. The van der Waals surface area contributed by atoms with Crippen molar-refractivity contribution in [3.05, 3.63) is 29.3 Å². The van der Waals surface area contributed by atoms with Crippen molar-refractivity contribution in [3.8, 4) is 0 Å². The molecule has 1 aromatic carbocycles. The zero-order valence-electron chi connectivity index (χ0n) is 16.6. The molecular weight excluding hydrogens is 417 g/mol. The molecule has 3 nitrogen and oxygen atoms in total. The first kappa shape index (κ1) is 19.2. The molecule has 3 rings (SSSR count). The quantitative estimate of drug-likeness (QED) is 0.561. The van der Waals surface area contributed by atoms with Gasteiger partial charge in [-0.2, -0.15) is 0 Å². The summed E-state index contributed by atoms with van der Waals surface area (Å²) in [4.78, 5) is 20.0. The Morgan fingerprint density at radius 2 is 1.96 bits per heavy atom. The third-order valence-electron chi connectivity index (χ3n) is 6.09. The number of benzene rings is 1. The second-order valence-electron chi connectivity index (χ2n) is 9.19. The number of hydrogen-bond acceptors (Lipinski definition) is 3. The topological polar surface area (TPSA) is 38.3 Å². The molecule has 25 heavy (non-hydrogen) atoms. The van der Waals surface area contributed by atoms with Gasteiger partial charge in [-0.3, -0.25) is 0 Å². The SMILES string of the molecule is COC(=O)[C@H]1[C@@H](c2ccc(C(C)C)[c]([Sn]([CH3])([CH3])[CH3])c2)C[C@@H]2CC[C@H]1N2. The zero-order valence-corrected chi connectivity index (χ0v) is 19.4. The zero-order chi connectivity index (χ0) is 18.4. The van der Waals surface area contributed by atoms with Gasteiger partial charge in [0.25, 0.3) is 0 Å². The Labute approximate surface area is 156 Å². The molecule has 1 aromatic rings. The summed E-state index contributed by atoms with van der Waals surface area (Å²) in [5.74, 6) is 0.758. The van der Waals surface area contributed by atoms with Crippen LogP contribution in [-0.4, -0.2) is 43.5 Å². The third kappa shape index (κ3) is 3.78. The van der Waals surface area contributed by atoms with Crippen LogP contribution in [0.25, 0.3) is 0 Å². The van der Waals surface area contributed by atoms with Gasteiger partial charge in [-0.05, 0) is 0 Å². The standard InChI is InChI=1S/C18H24NO2.3CH3.Sn/c1-11(2)12-4-6-13(7-5-12)15-10-14-8-9-16(19-14)17(15)18(20)21-3;;;;/h4,6-7,11,14-17,19H,8-10H2,1-3H3;3*1H3;/t14-,15+,16+,17-;;;;/m0..../s1. The van der Waals surface area contributed by atoms with Crippen LogP contribution in [0.2, 0.25) is 14.8 Å². The Bertz CT molecular complexity index is 650. The molecule has 2 aliphatic heterocycles. The molecule has 4 atom stereocenters. The van der Waals surface area contributed by atoms with Gasteiger partial charge in [-0.25, -0.2) is 0 Å². The minimum absolute atomic E-state index is 0.0448. The van der Waals surface area contributed by atoms with E-state index < -0.39 is 18.4 Å². The first-order chi connectivity index (χ1) is 11.7. The molecule has 0 saturated carbocycles. The molecule has 0 aromatic heterocycles. The predicted molar refractivity (Wildman–Crippen MR) is 106 cm³/mol. The Hall–Kier alpha value is -0.551. The molecule has 2 heterocycles. The number of rotatable bonds is 4. The van der Waals surface area contributed by atoms with Crippen molar-refractivity contribution in [3.63, 3.8) is 0 Å². The van der Waals surface area contributed by atoms with Crippen LogP contribution in [0.1, 0.15) is 56.1 Å². The van der Waals surface area contributed by atoms with Crippen molar-refractivity contribution in [2.75, 3.05) is 7.11 Å². The average molecular weight is 450 g/mol. The van der Waals surface area contributed by atoms with Crippen LogP contribution in [0.15, 0.2) is 18.2 Å². The summed E-state index contributed by atoms with van der Waals surface area (Å²) < 4.78 is 6.81. The van der Waals surface area contributed by atoms with E-state index in [2.05, 4.69) is 52.2 Å². The van der Waals surface area contributed by atoms with Crippen molar-refractivity contribution >= 4 is 27.9 Å². The van der Waals surface area contributed by atoms with Crippen molar-refractivity contribution in [2.24, 2.45) is 5.92 Å². The van der Waals surface area contributed by atoms with Gasteiger partial charge < -0.3 is 0 Å². The summed E-state index contributed by atoms with van der Waals surface area (Å²) in [6, 6.07) is 7.94. The van der Waals surface area contributed by atoms with Crippen molar-refractivity contribution < 1.29 is 9.53 Å². The Morgan fingerprint density at radius 1 is 1.24 bits per heavy atom. The molecule has 2 aliphatic rings. The van der Waals surface area contributed by atoms with Gasteiger partial charge in [-0.15, -0.1) is 0 Å². The first-order valence-electron chi connectivity index (χ1n) is 9.70. The Kier molecular flexibility index (Phi) is 5.55. The maximum atomic E-state index is 12.5. The van der Waals surface area contributed by atoms with Crippen LogP contribution in [0.3, 0.4) is 0 Å². The van der Waals surface area contributed by atoms with Gasteiger partial charge in [0.15, 0.2) is 0 Å². The molecular formula is C21H33NO2Sn. The molecule has 2 bridgehead atoms. The molecule has 0 unspecified atom stereocenters. The maximum absolute atomic E-state index is 12.5. The first-order valence-corrected chi connectivity index (χ1v) is 19.7. The number of nitrogens with one attached hydrogen (secondary N) is 1. The minimum atomic E-state index is -2.23. The van der Waals surface area contributed by atoms with Crippen LogP contribution in [-0.2, 0) is 9.53 Å².